The Morgan fingerprint density at radius 2 is 1.50 bits per heavy atom. The van der Waals surface area contributed by atoms with E-state index in [2.05, 4.69) is 5.32 Å². The Hall–Kier alpha value is -1.85. The van der Waals surface area contributed by atoms with Crippen LogP contribution in [0.25, 0.3) is 0 Å². The van der Waals surface area contributed by atoms with Crippen LogP contribution in [0.5, 0.6) is 0 Å². The second-order valence-corrected chi connectivity index (χ2v) is 5.41. The lowest BCUT2D eigenvalue weighted by atomic mass is 10.0. The zero-order valence-electron chi connectivity index (χ0n) is 12.2. The average molecular weight is 309 g/mol. The monoisotopic (exact) mass is 309 g/mol. The summed E-state index contributed by atoms with van der Waals surface area (Å²) in [6, 6.07) is 17.1. The molecule has 2 rings (SSSR count). The molecule has 0 saturated carbocycles. The normalized spacial score (nSPS) is 14.6. The van der Waals surface area contributed by atoms with Crippen LogP contribution in [0, 0.1) is 0 Å². The number of alkyl halides is 3. The molecule has 118 valence electrons. The third-order valence-corrected chi connectivity index (χ3v) is 3.43. The van der Waals surface area contributed by atoms with E-state index in [9.17, 15) is 18.3 Å². The molecule has 0 aliphatic carbocycles. The Kier molecular flexibility index (Phi) is 4.88. The number of halogens is 3. The van der Waals surface area contributed by atoms with E-state index in [1.165, 1.54) is 0 Å². The first-order valence-corrected chi connectivity index (χ1v) is 6.94. The van der Waals surface area contributed by atoms with Crippen LogP contribution in [-0.2, 0) is 13.0 Å². The van der Waals surface area contributed by atoms with Crippen LogP contribution in [-0.4, -0.2) is 17.0 Å². The lowest BCUT2D eigenvalue weighted by molar-refractivity contribution is -0.265. The Balaban J connectivity index is 2.03. The number of hydrogen-bond acceptors (Lipinski definition) is 2. The molecule has 0 saturated heterocycles. The quantitative estimate of drug-likeness (QED) is 0.827. The average Bonchev–Trinajstić information content (AvgIpc) is 2.46. The minimum absolute atomic E-state index is 0.0604. The van der Waals surface area contributed by atoms with E-state index in [-0.39, 0.29) is 6.54 Å². The summed E-state index contributed by atoms with van der Waals surface area (Å²) in [6.45, 7) is 0.649. The topological polar surface area (TPSA) is 32.3 Å². The summed E-state index contributed by atoms with van der Waals surface area (Å²) in [6.07, 6.45) is -4.00. The largest absolute Gasteiger partial charge is 0.430 e. The van der Waals surface area contributed by atoms with Gasteiger partial charge >= 0.3 is 6.18 Å². The van der Waals surface area contributed by atoms with Crippen molar-refractivity contribution in [2.24, 2.45) is 0 Å². The second-order valence-electron chi connectivity index (χ2n) is 5.41. The van der Waals surface area contributed by atoms with E-state index < -0.39 is 11.9 Å². The van der Waals surface area contributed by atoms with Crippen molar-refractivity contribution < 1.29 is 18.3 Å². The molecular formula is C17H18F3NO. The number of aliphatic hydroxyl groups is 1. The van der Waals surface area contributed by atoms with Crippen molar-refractivity contribution in [2.75, 3.05) is 0 Å². The highest BCUT2D eigenvalue weighted by Gasteiger charge is 2.49. The van der Waals surface area contributed by atoms with E-state index in [1.807, 2.05) is 42.5 Å². The van der Waals surface area contributed by atoms with Gasteiger partial charge in [0.1, 0.15) is 0 Å². The summed E-state index contributed by atoms with van der Waals surface area (Å²) in [4.78, 5) is 0. The number of hydrogen-bond donors (Lipinski definition) is 2. The standard InChI is InChI=1S/C17H18F3NO/c1-16(22,17(18,19)20)21-12-15-9-5-8-14(11-15)10-13-6-3-2-4-7-13/h2-9,11,21-22H,10,12H2,1H3. The molecule has 22 heavy (non-hydrogen) atoms. The van der Waals surface area contributed by atoms with E-state index in [0.29, 0.717) is 18.9 Å². The molecule has 1 unspecified atom stereocenters. The smallest absolute Gasteiger partial charge is 0.368 e. The summed E-state index contributed by atoms with van der Waals surface area (Å²) < 4.78 is 37.8. The van der Waals surface area contributed by atoms with Crippen molar-refractivity contribution in [1.29, 1.82) is 0 Å². The van der Waals surface area contributed by atoms with E-state index in [1.54, 1.807) is 12.1 Å². The van der Waals surface area contributed by atoms with Gasteiger partial charge < -0.3 is 5.11 Å². The molecule has 2 N–H and O–H groups in total. The second kappa shape index (κ2) is 6.50. The number of rotatable bonds is 5. The van der Waals surface area contributed by atoms with Gasteiger partial charge in [-0.1, -0.05) is 54.6 Å². The summed E-state index contributed by atoms with van der Waals surface area (Å²) >= 11 is 0. The number of nitrogens with one attached hydrogen (secondary N) is 1. The Labute approximate surface area is 127 Å². The van der Waals surface area contributed by atoms with E-state index in [4.69, 9.17) is 0 Å². The molecule has 0 aliphatic heterocycles. The van der Waals surface area contributed by atoms with Gasteiger partial charge in [0.15, 0.2) is 0 Å². The zero-order chi connectivity index (χ0) is 16.2. The van der Waals surface area contributed by atoms with Gasteiger partial charge in [-0.05, 0) is 30.0 Å². The molecule has 0 aromatic heterocycles. The van der Waals surface area contributed by atoms with Crippen molar-refractivity contribution in [3.63, 3.8) is 0 Å². The first-order chi connectivity index (χ1) is 10.3. The van der Waals surface area contributed by atoms with E-state index >= 15 is 0 Å². The van der Waals surface area contributed by atoms with Crippen LogP contribution in [0.4, 0.5) is 13.2 Å². The van der Waals surface area contributed by atoms with Gasteiger partial charge in [0.05, 0.1) is 0 Å². The minimum atomic E-state index is -4.71. The summed E-state index contributed by atoms with van der Waals surface area (Å²) in [7, 11) is 0. The molecule has 0 spiro atoms. The molecule has 0 bridgehead atoms. The highest BCUT2D eigenvalue weighted by molar-refractivity contribution is 5.29. The number of benzene rings is 2. The first-order valence-electron chi connectivity index (χ1n) is 6.94. The zero-order valence-corrected chi connectivity index (χ0v) is 12.2. The predicted molar refractivity (Wildman–Crippen MR) is 79.2 cm³/mol. The van der Waals surface area contributed by atoms with Crippen LogP contribution in [0.15, 0.2) is 54.6 Å². The Bertz CT molecular complexity index is 609. The van der Waals surface area contributed by atoms with Crippen molar-refractivity contribution in [2.45, 2.75) is 31.8 Å². The van der Waals surface area contributed by atoms with Gasteiger partial charge in [0, 0.05) is 6.54 Å². The van der Waals surface area contributed by atoms with Crippen molar-refractivity contribution in [3.8, 4) is 0 Å². The van der Waals surface area contributed by atoms with Crippen LogP contribution < -0.4 is 5.32 Å². The van der Waals surface area contributed by atoms with Gasteiger partial charge in [0.25, 0.3) is 0 Å². The maximum absolute atomic E-state index is 12.6. The fourth-order valence-corrected chi connectivity index (χ4v) is 2.06. The molecule has 1 atom stereocenters. The fourth-order valence-electron chi connectivity index (χ4n) is 2.06. The van der Waals surface area contributed by atoms with Gasteiger partial charge in [-0.15, -0.1) is 0 Å². The third-order valence-electron chi connectivity index (χ3n) is 3.43. The lowest BCUT2D eigenvalue weighted by Crippen LogP contribution is -2.53. The highest BCUT2D eigenvalue weighted by Crippen LogP contribution is 2.27. The van der Waals surface area contributed by atoms with E-state index in [0.717, 1.165) is 11.1 Å². The van der Waals surface area contributed by atoms with Gasteiger partial charge in [-0.3, -0.25) is 5.32 Å². The molecule has 2 nitrogen and oxygen atoms in total. The molecule has 0 aliphatic rings. The summed E-state index contributed by atoms with van der Waals surface area (Å²) in [5, 5.41) is 11.5. The molecule has 5 heteroatoms. The molecule has 2 aromatic rings. The minimum Gasteiger partial charge on any atom is -0.368 e. The van der Waals surface area contributed by atoms with Crippen molar-refractivity contribution >= 4 is 0 Å². The van der Waals surface area contributed by atoms with Crippen molar-refractivity contribution in [3.05, 3.63) is 71.3 Å². The first kappa shape index (κ1) is 16.5. The van der Waals surface area contributed by atoms with Crippen LogP contribution >= 0.6 is 0 Å². The van der Waals surface area contributed by atoms with Crippen molar-refractivity contribution in [1.82, 2.24) is 5.32 Å². The Morgan fingerprint density at radius 3 is 2.14 bits per heavy atom. The molecule has 2 aromatic carbocycles. The molecular weight excluding hydrogens is 291 g/mol. The van der Waals surface area contributed by atoms with Crippen LogP contribution in [0.2, 0.25) is 0 Å². The Morgan fingerprint density at radius 1 is 0.909 bits per heavy atom. The molecule has 0 heterocycles. The molecule has 0 amide bonds. The summed E-state index contributed by atoms with van der Waals surface area (Å²) in [5.41, 5.74) is -0.0624. The fraction of sp³-hybridized carbons (Fsp3) is 0.294. The molecule has 0 radical (unpaired) electrons. The lowest BCUT2D eigenvalue weighted by Gasteiger charge is -2.27. The third kappa shape index (κ3) is 4.32. The van der Waals surface area contributed by atoms with Gasteiger partial charge in [-0.2, -0.15) is 13.2 Å². The van der Waals surface area contributed by atoms with Gasteiger partial charge in [-0.25, -0.2) is 0 Å². The van der Waals surface area contributed by atoms with Gasteiger partial charge in [0.2, 0.25) is 5.72 Å². The van der Waals surface area contributed by atoms with Crippen LogP contribution in [0.1, 0.15) is 23.6 Å². The highest BCUT2D eigenvalue weighted by atomic mass is 19.4. The maximum atomic E-state index is 12.6. The maximum Gasteiger partial charge on any atom is 0.430 e. The summed E-state index contributed by atoms with van der Waals surface area (Å²) in [5.74, 6) is 0. The molecule has 0 fully saturated rings. The SMILES string of the molecule is CC(O)(NCc1cccc(Cc2ccccc2)c1)C(F)(F)F. The van der Waals surface area contributed by atoms with Crippen LogP contribution in [0.3, 0.4) is 0 Å². The predicted octanol–water partition coefficient (Wildman–Crippen LogP) is 3.64.